The van der Waals surface area contributed by atoms with Crippen LogP contribution < -0.4 is 0 Å². The van der Waals surface area contributed by atoms with Crippen LogP contribution in [0.5, 0.6) is 0 Å². The maximum Gasteiger partial charge on any atom is 0.410 e. The van der Waals surface area contributed by atoms with Gasteiger partial charge in [-0.3, -0.25) is 0 Å². The second kappa shape index (κ2) is 6.94. The summed E-state index contributed by atoms with van der Waals surface area (Å²) >= 11 is 0. The molecule has 0 aromatic carbocycles. The number of nitrogens with zero attached hydrogens (tertiary/aromatic N) is 1. The Balaban J connectivity index is 2.29. The fraction of sp³-hybridized carbons (Fsp3) is 0.800. The van der Waals surface area contributed by atoms with Crippen molar-refractivity contribution in [2.24, 2.45) is 0 Å². The van der Waals surface area contributed by atoms with Crippen LogP contribution in [-0.4, -0.2) is 42.4 Å². The zero-order valence-corrected chi connectivity index (χ0v) is 12.9. The second-order valence-corrected chi connectivity index (χ2v) is 6.28. The molecule has 0 saturated carbocycles. The number of hydrogen-bond donors (Lipinski definition) is 0. The largest absolute Gasteiger partial charge is 0.444 e. The summed E-state index contributed by atoms with van der Waals surface area (Å²) in [5.41, 5.74) is 0.847. The minimum absolute atomic E-state index is 0.213. The van der Waals surface area contributed by atoms with Crippen molar-refractivity contribution in [3.05, 3.63) is 11.6 Å². The average Bonchev–Trinajstić information content (AvgIpc) is 2.27. The number of likely N-dealkylation sites (tertiary alicyclic amines) is 1. The van der Waals surface area contributed by atoms with Crippen LogP contribution in [0.3, 0.4) is 0 Å². The highest BCUT2D eigenvalue weighted by Crippen LogP contribution is 2.17. The van der Waals surface area contributed by atoms with Crippen LogP contribution >= 0.6 is 0 Å². The molecule has 1 saturated heterocycles. The summed E-state index contributed by atoms with van der Waals surface area (Å²) in [6, 6.07) is 0. The van der Waals surface area contributed by atoms with E-state index >= 15 is 0 Å². The first-order chi connectivity index (χ1) is 8.78. The third kappa shape index (κ3) is 6.62. The van der Waals surface area contributed by atoms with Crippen LogP contribution in [-0.2, 0) is 9.47 Å². The maximum absolute atomic E-state index is 11.9. The van der Waals surface area contributed by atoms with Crippen LogP contribution in [0.1, 0.15) is 47.5 Å². The van der Waals surface area contributed by atoms with Crippen molar-refractivity contribution >= 4 is 6.09 Å². The molecule has 110 valence electrons. The van der Waals surface area contributed by atoms with Gasteiger partial charge >= 0.3 is 6.09 Å². The minimum atomic E-state index is -0.423. The molecule has 0 unspecified atom stereocenters. The van der Waals surface area contributed by atoms with Crippen LogP contribution in [0.4, 0.5) is 4.79 Å². The first kappa shape index (κ1) is 16.0. The van der Waals surface area contributed by atoms with E-state index in [2.05, 4.69) is 19.9 Å². The van der Waals surface area contributed by atoms with E-state index in [1.165, 1.54) is 5.57 Å². The number of amides is 1. The van der Waals surface area contributed by atoms with E-state index in [9.17, 15) is 4.79 Å². The molecule has 4 heteroatoms. The summed E-state index contributed by atoms with van der Waals surface area (Å²) in [4.78, 5) is 13.6. The molecular formula is C15H27NO3. The fourth-order valence-electron chi connectivity index (χ4n) is 1.88. The lowest BCUT2D eigenvalue weighted by Gasteiger charge is -2.33. The Labute approximate surface area is 116 Å². The van der Waals surface area contributed by atoms with Gasteiger partial charge < -0.3 is 14.4 Å². The van der Waals surface area contributed by atoms with Crippen LogP contribution in [0, 0.1) is 0 Å². The summed E-state index contributed by atoms with van der Waals surface area (Å²) < 4.78 is 11.1. The number of piperidine rings is 1. The Kier molecular flexibility index (Phi) is 5.85. The van der Waals surface area contributed by atoms with Crippen LogP contribution in [0.2, 0.25) is 0 Å². The molecule has 19 heavy (non-hydrogen) atoms. The number of carbonyl (C=O) groups excluding carboxylic acids is 1. The fourth-order valence-corrected chi connectivity index (χ4v) is 1.88. The van der Waals surface area contributed by atoms with Gasteiger partial charge in [0, 0.05) is 13.1 Å². The summed E-state index contributed by atoms with van der Waals surface area (Å²) in [5.74, 6) is 0. The molecule has 1 heterocycles. The summed E-state index contributed by atoms with van der Waals surface area (Å²) in [5, 5.41) is 0. The van der Waals surface area contributed by atoms with Gasteiger partial charge in [-0.05, 0) is 47.5 Å². The highest BCUT2D eigenvalue weighted by molar-refractivity contribution is 5.68. The van der Waals surface area contributed by atoms with Gasteiger partial charge in [0.2, 0.25) is 0 Å². The molecule has 1 amide bonds. The van der Waals surface area contributed by atoms with Gasteiger partial charge in [-0.1, -0.05) is 11.6 Å². The topological polar surface area (TPSA) is 38.8 Å². The molecule has 1 aliphatic heterocycles. The predicted octanol–water partition coefficient (Wildman–Crippen LogP) is 3.37. The van der Waals surface area contributed by atoms with Crippen molar-refractivity contribution in [3.63, 3.8) is 0 Å². The molecule has 0 atom stereocenters. The normalized spacial score (nSPS) is 17.2. The molecule has 0 aromatic rings. The SMILES string of the molecule is CC(C)=CCOC1CCN(C(=O)OC(C)(C)C)CC1. The molecule has 0 aliphatic carbocycles. The van der Waals surface area contributed by atoms with Gasteiger partial charge in [0.1, 0.15) is 5.60 Å². The lowest BCUT2D eigenvalue weighted by atomic mass is 10.1. The smallest absolute Gasteiger partial charge is 0.410 e. The molecule has 4 nitrogen and oxygen atoms in total. The van der Waals surface area contributed by atoms with Crippen molar-refractivity contribution in [3.8, 4) is 0 Å². The number of rotatable bonds is 3. The Bertz CT molecular complexity index is 319. The van der Waals surface area contributed by atoms with E-state index in [1.807, 2.05) is 20.8 Å². The van der Waals surface area contributed by atoms with Crippen molar-refractivity contribution < 1.29 is 14.3 Å². The van der Waals surface area contributed by atoms with Crippen molar-refractivity contribution in [2.75, 3.05) is 19.7 Å². The lowest BCUT2D eigenvalue weighted by Crippen LogP contribution is -2.43. The van der Waals surface area contributed by atoms with E-state index in [0.29, 0.717) is 19.7 Å². The van der Waals surface area contributed by atoms with Crippen LogP contribution in [0.25, 0.3) is 0 Å². The quantitative estimate of drug-likeness (QED) is 0.737. The molecular weight excluding hydrogens is 242 g/mol. The minimum Gasteiger partial charge on any atom is -0.444 e. The summed E-state index contributed by atoms with van der Waals surface area (Å²) in [7, 11) is 0. The Morgan fingerprint density at radius 3 is 2.32 bits per heavy atom. The number of hydrogen-bond acceptors (Lipinski definition) is 3. The van der Waals surface area contributed by atoms with Gasteiger partial charge in [-0.2, -0.15) is 0 Å². The third-order valence-electron chi connectivity index (χ3n) is 2.92. The molecule has 1 aliphatic rings. The second-order valence-electron chi connectivity index (χ2n) is 6.28. The van der Waals surface area contributed by atoms with Gasteiger partial charge in [0.15, 0.2) is 0 Å². The number of allylic oxidation sites excluding steroid dienone is 1. The number of ether oxygens (including phenoxy) is 2. The molecule has 0 aromatic heterocycles. The van der Waals surface area contributed by atoms with Crippen molar-refractivity contribution in [1.29, 1.82) is 0 Å². The number of carbonyl (C=O) groups is 1. The van der Waals surface area contributed by atoms with Gasteiger partial charge in [0.05, 0.1) is 12.7 Å². The van der Waals surface area contributed by atoms with Crippen molar-refractivity contribution in [2.45, 2.75) is 59.2 Å². The standard InChI is InChI=1S/C15H27NO3/c1-12(2)8-11-18-13-6-9-16(10-7-13)14(17)19-15(3,4)5/h8,13H,6-7,9-11H2,1-5H3. The first-order valence-electron chi connectivity index (χ1n) is 7.01. The Hall–Kier alpha value is -1.03. The van der Waals surface area contributed by atoms with Crippen LogP contribution in [0.15, 0.2) is 11.6 Å². The summed E-state index contributed by atoms with van der Waals surface area (Å²) in [6.07, 6.45) is 3.90. The van der Waals surface area contributed by atoms with E-state index in [4.69, 9.17) is 9.47 Å². The molecule has 0 bridgehead atoms. The first-order valence-corrected chi connectivity index (χ1v) is 7.01. The Morgan fingerprint density at radius 1 is 1.26 bits per heavy atom. The lowest BCUT2D eigenvalue weighted by molar-refractivity contribution is -0.00477. The molecule has 1 rings (SSSR count). The van der Waals surface area contributed by atoms with E-state index in [0.717, 1.165) is 12.8 Å². The highest BCUT2D eigenvalue weighted by Gasteiger charge is 2.26. The zero-order chi connectivity index (χ0) is 14.5. The third-order valence-corrected chi connectivity index (χ3v) is 2.92. The maximum atomic E-state index is 11.9. The van der Waals surface area contributed by atoms with E-state index in [1.54, 1.807) is 4.90 Å². The Morgan fingerprint density at radius 2 is 1.84 bits per heavy atom. The predicted molar refractivity (Wildman–Crippen MR) is 76.2 cm³/mol. The van der Waals surface area contributed by atoms with Crippen molar-refractivity contribution in [1.82, 2.24) is 4.90 Å². The molecule has 0 N–H and O–H groups in total. The highest BCUT2D eigenvalue weighted by atomic mass is 16.6. The van der Waals surface area contributed by atoms with E-state index in [-0.39, 0.29) is 12.2 Å². The molecule has 0 radical (unpaired) electrons. The molecule has 1 fully saturated rings. The van der Waals surface area contributed by atoms with Gasteiger partial charge in [-0.25, -0.2) is 4.79 Å². The van der Waals surface area contributed by atoms with Gasteiger partial charge in [-0.15, -0.1) is 0 Å². The summed E-state index contributed by atoms with van der Waals surface area (Å²) in [6.45, 7) is 11.9. The molecule has 0 spiro atoms. The zero-order valence-electron chi connectivity index (χ0n) is 12.9. The van der Waals surface area contributed by atoms with Gasteiger partial charge in [0.25, 0.3) is 0 Å². The monoisotopic (exact) mass is 269 g/mol. The van der Waals surface area contributed by atoms with E-state index < -0.39 is 5.60 Å². The average molecular weight is 269 g/mol.